The summed E-state index contributed by atoms with van der Waals surface area (Å²) in [6.45, 7) is -1.80. The highest BCUT2D eigenvalue weighted by atomic mass is 16.6. The Bertz CT molecular complexity index is 1720. The van der Waals surface area contributed by atoms with E-state index in [0.29, 0.717) is 12.1 Å². The molecule has 1 atom stereocenters. The van der Waals surface area contributed by atoms with Gasteiger partial charge < -0.3 is 44.8 Å². The number of carbonyl (C=O) groups is 9. The first-order valence-electron chi connectivity index (χ1n) is 13.1. The van der Waals surface area contributed by atoms with Gasteiger partial charge in [0.1, 0.15) is 13.2 Å². The number of carbonyl (C=O) groups excluding carboxylic acids is 3. The van der Waals surface area contributed by atoms with Gasteiger partial charge in [-0.2, -0.15) is 0 Å². The van der Waals surface area contributed by atoms with E-state index in [-0.39, 0.29) is 5.57 Å². The van der Waals surface area contributed by atoms with E-state index < -0.39 is 124 Å². The van der Waals surface area contributed by atoms with E-state index in [2.05, 4.69) is 0 Å². The van der Waals surface area contributed by atoms with Crippen LogP contribution in [-0.2, 0) is 28.6 Å². The van der Waals surface area contributed by atoms with Crippen molar-refractivity contribution >= 4 is 53.7 Å². The number of aromatic carboxylic acids is 4. The lowest BCUT2D eigenvalue weighted by atomic mass is 9.87. The van der Waals surface area contributed by atoms with Crippen molar-refractivity contribution in [3.05, 3.63) is 93.1 Å². The number of allylic oxidation sites excluding steroid dienone is 2. The van der Waals surface area contributed by atoms with Gasteiger partial charge in [0.15, 0.2) is 6.10 Å². The summed E-state index contributed by atoms with van der Waals surface area (Å²) < 4.78 is 15.4. The molecule has 0 spiro atoms. The summed E-state index contributed by atoms with van der Waals surface area (Å²) in [4.78, 5) is 107. The van der Waals surface area contributed by atoms with Gasteiger partial charge in [-0.05, 0) is 42.8 Å². The Morgan fingerprint density at radius 2 is 1.02 bits per heavy atom. The van der Waals surface area contributed by atoms with E-state index in [1.807, 2.05) is 0 Å². The highest BCUT2D eigenvalue weighted by Crippen LogP contribution is 2.27. The number of hydrogen-bond acceptors (Lipinski definition) is 12. The average Bonchev–Trinajstić information content (AvgIpc) is 3.04. The standard InChI is InChI=1S/C30H22O18/c31-22(32)16-4-1-12(7-19(16)25(37)38)28(43)46-10-15(48-30(45)14-3-6-18(24(35)36)21(9-14)27(41)42)11-47-29(44)13-2-5-17(23(33)34)20(8-13)26(39)40/h1-8,15,21H,9-11H2,(H,31,32)(H,33,34)(H,35,36)(H,37,38)(H,39,40)(H,41,42). The zero-order valence-electron chi connectivity index (χ0n) is 24.0. The number of esters is 3. The molecule has 1 aliphatic rings. The number of benzene rings is 2. The van der Waals surface area contributed by atoms with Gasteiger partial charge in [0.05, 0.1) is 44.9 Å². The molecule has 2 aromatic carbocycles. The normalized spacial score (nSPS) is 13.7. The lowest BCUT2D eigenvalue weighted by Gasteiger charge is -2.22. The van der Waals surface area contributed by atoms with Crippen molar-refractivity contribution in [1.29, 1.82) is 0 Å². The fraction of sp³-hybridized carbons (Fsp3) is 0.167. The van der Waals surface area contributed by atoms with Crippen LogP contribution in [0.15, 0.2) is 59.7 Å². The molecule has 48 heavy (non-hydrogen) atoms. The van der Waals surface area contributed by atoms with Crippen molar-refractivity contribution < 1.29 is 88.0 Å². The van der Waals surface area contributed by atoms with E-state index >= 15 is 0 Å². The molecule has 6 N–H and O–H groups in total. The van der Waals surface area contributed by atoms with Crippen LogP contribution in [0.25, 0.3) is 0 Å². The molecule has 0 aromatic heterocycles. The third-order valence-electron chi connectivity index (χ3n) is 6.58. The first-order chi connectivity index (χ1) is 22.5. The van der Waals surface area contributed by atoms with Crippen LogP contribution in [-0.4, -0.2) is 104 Å². The van der Waals surface area contributed by atoms with Gasteiger partial charge in [0, 0.05) is 5.57 Å². The lowest BCUT2D eigenvalue weighted by Crippen LogP contribution is -2.33. The second-order valence-electron chi connectivity index (χ2n) is 9.68. The van der Waals surface area contributed by atoms with E-state index in [4.69, 9.17) is 14.2 Å². The fourth-order valence-electron chi connectivity index (χ4n) is 4.21. The second-order valence-corrected chi connectivity index (χ2v) is 9.68. The summed E-state index contributed by atoms with van der Waals surface area (Å²) in [6.07, 6.45) is -0.443. The molecule has 0 fully saturated rings. The molecular formula is C30H22O18. The molecule has 250 valence electrons. The molecule has 3 rings (SSSR count). The summed E-state index contributed by atoms with van der Waals surface area (Å²) in [6, 6.07) is 4.95. The minimum atomic E-state index is -1.68. The molecule has 0 bridgehead atoms. The number of aliphatic carboxylic acids is 2. The van der Waals surface area contributed by atoms with Crippen LogP contribution in [0, 0.1) is 5.92 Å². The number of carboxylic acids is 6. The fourth-order valence-corrected chi connectivity index (χ4v) is 4.21. The SMILES string of the molecule is O=C(O)C1=CC=C(C(=O)OC(COC(=O)c2ccc(C(=O)O)c(C(=O)O)c2)COC(=O)c2ccc(C(=O)O)c(C(=O)O)c2)CC1C(=O)O. The van der Waals surface area contributed by atoms with Crippen molar-refractivity contribution in [2.75, 3.05) is 13.2 Å². The third-order valence-corrected chi connectivity index (χ3v) is 6.58. The van der Waals surface area contributed by atoms with Gasteiger partial charge in [-0.15, -0.1) is 0 Å². The summed E-state index contributed by atoms with van der Waals surface area (Å²) in [5, 5.41) is 55.6. The van der Waals surface area contributed by atoms with Crippen LogP contribution in [0.3, 0.4) is 0 Å². The molecule has 0 amide bonds. The predicted molar refractivity (Wildman–Crippen MR) is 151 cm³/mol. The van der Waals surface area contributed by atoms with Crippen LogP contribution < -0.4 is 0 Å². The van der Waals surface area contributed by atoms with Gasteiger partial charge in [0.25, 0.3) is 0 Å². The maximum absolute atomic E-state index is 12.9. The Balaban J connectivity index is 1.86. The van der Waals surface area contributed by atoms with Gasteiger partial charge >= 0.3 is 53.7 Å². The van der Waals surface area contributed by atoms with Crippen molar-refractivity contribution in [1.82, 2.24) is 0 Å². The molecule has 0 aliphatic heterocycles. The smallest absolute Gasteiger partial charge is 0.338 e. The molecule has 0 radical (unpaired) electrons. The number of hydrogen-bond donors (Lipinski definition) is 6. The maximum Gasteiger partial charge on any atom is 0.338 e. The number of ether oxygens (including phenoxy) is 3. The predicted octanol–water partition coefficient (Wildman–Crippen LogP) is 1.45. The van der Waals surface area contributed by atoms with Crippen molar-refractivity contribution in [3.8, 4) is 0 Å². The van der Waals surface area contributed by atoms with Crippen molar-refractivity contribution in [3.63, 3.8) is 0 Å². The van der Waals surface area contributed by atoms with Crippen molar-refractivity contribution in [2.24, 2.45) is 5.92 Å². The monoisotopic (exact) mass is 670 g/mol. The zero-order chi connectivity index (χ0) is 35.9. The topological polar surface area (TPSA) is 303 Å². The van der Waals surface area contributed by atoms with E-state index in [1.54, 1.807) is 0 Å². The molecule has 0 saturated carbocycles. The van der Waals surface area contributed by atoms with Gasteiger partial charge in [-0.1, -0.05) is 12.2 Å². The summed E-state index contributed by atoms with van der Waals surface area (Å²) in [5.41, 5.74) is -4.52. The zero-order valence-corrected chi connectivity index (χ0v) is 24.0. The Morgan fingerprint density at radius 1 is 0.583 bits per heavy atom. The lowest BCUT2D eigenvalue weighted by molar-refractivity contribution is -0.150. The van der Waals surface area contributed by atoms with Gasteiger partial charge in [0.2, 0.25) is 0 Å². The molecular weight excluding hydrogens is 648 g/mol. The molecule has 1 unspecified atom stereocenters. The van der Waals surface area contributed by atoms with E-state index in [0.717, 1.165) is 36.4 Å². The Morgan fingerprint density at radius 3 is 1.40 bits per heavy atom. The van der Waals surface area contributed by atoms with Gasteiger partial charge in [-0.25, -0.2) is 38.4 Å². The first kappa shape index (κ1) is 35.6. The van der Waals surface area contributed by atoms with Crippen LogP contribution in [0.5, 0.6) is 0 Å². The maximum atomic E-state index is 12.9. The molecule has 18 heteroatoms. The van der Waals surface area contributed by atoms with Crippen LogP contribution in [0.4, 0.5) is 0 Å². The summed E-state index contributed by atoms with van der Waals surface area (Å²) >= 11 is 0. The van der Waals surface area contributed by atoms with Crippen LogP contribution in [0.1, 0.15) is 68.6 Å². The molecule has 1 aliphatic carbocycles. The first-order valence-corrected chi connectivity index (χ1v) is 13.1. The van der Waals surface area contributed by atoms with Crippen molar-refractivity contribution in [2.45, 2.75) is 12.5 Å². The molecule has 18 nitrogen and oxygen atoms in total. The minimum Gasteiger partial charge on any atom is -0.481 e. The Labute approximate surface area is 266 Å². The molecule has 0 heterocycles. The largest absolute Gasteiger partial charge is 0.481 e. The van der Waals surface area contributed by atoms with Gasteiger partial charge in [-0.3, -0.25) is 4.79 Å². The Kier molecular flexibility index (Phi) is 11.1. The minimum absolute atomic E-state index is 0.333. The average molecular weight is 670 g/mol. The number of carboxylic acid groups (broad SMARTS) is 6. The number of rotatable bonds is 14. The van der Waals surface area contributed by atoms with E-state index in [1.165, 1.54) is 0 Å². The highest BCUT2D eigenvalue weighted by molar-refractivity contribution is 6.05. The quantitative estimate of drug-likeness (QED) is 0.122. The van der Waals surface area contributed by atoms with Crippen LogP contribution >= 0.6 is 0 Å². The Hall–Kier alpha value is -6.85. The summed E-state index contributed by atoms with van der Waals surface area (Å²) in [5.74, 6) is -15.0. The highest BCUT2D eigenvalue weighted by Gasteiger charge is 2.34. The second kappa shape index (κ2) is 15.0. The molecule has 0 saturated heterocycles. The summed E-state index contributed by atoms with van der Waals surface area (Å²) in [7, 11) is 0. The third kappa shape index (κ3) is 8.44. The molecule has 2 aromatic rings. The van der Waals surface area contributed by atoms with Crippen LogP contribution in [0.2, 0.25) is 0 Å². The van der Waals surface area contributed by atoms with E-state index in [9.17, 15) is 73.8 Å².